The highest BCUT2D eigenvalue weighted by Gasteiger charge is 2.29. The minimum atomic E-state index is -3.26. The topological polar surface area (TPSA) is 114 Å². The van der Waals surface area contributed by atoms with Crippen LogP contribution in [0.5, 0.6) is 11.5 Å². The van der Waals surface area contributed by atoms with Gasteiger partial charge in [0.25, 0.3) is 0 Å². The third kappa shape index (κ3) is 8.10. The van der Waals surface area contributed by atoms with E-state index in [4.69, 9.17) is 14.5 Å². The van der Waals surface area contributed by atoms with Crippen molar-refractivity contribution in [3.63, 3.8) is 0 Å². The van der Waals surface area contributed by atoms with Crippen LogP contribution in [0.15, 0.2) is 60.8 Å². The number of pyridine rings is 1. The van der Waals surface area contributed by atoms with Gasteiger partial charge in [-0.05, 0) is 60.9 Å². The number of rotatable bonds is 11. The Morgan fingerprint density at radius 2 is 1.51 bits per heavy atom. The first-order valence-electron chi connectivity index (χ1n) is 14.6. The lowest BCUT2D eigenvalue weighted by Gasteiger charge is -2.38. The molecule has 13 heteroatoms. The Hall–Kier alpha value is -4.20. The minimum absolute atomic E-state index is 0.0162. The van der Waals surface area contributed by atoms with E-state index in [1.807, 2.05) is 60.4 Å². The Labute approximate surface area is 263 Å². The van der Waals surface area contributed by atoms with Crippen molar-refractivity contribution >= 4 is 16.0 Å². The summed E-state index contributed by atoms with van der Waals surface area (Å²) in [4.78, 5) is 22.1. The largest absolute Gasteiger partial charge is 0.497 e. The van der Waals surface area contributed by atoms with Crippen LogP contribution in [0.25, 0.3) is 11.4 Å². The highest BCUT2D eigenvalue weighted by molar-refractivity contribution is 7.88. The first kappa shape index (κ1) is 32.2. The molecular formula is C32H38FN7O4S. The third-order valence-electron chi connectivity index (χ3n) is 7.80. The van der Waals surface area contributed by atoms with Gasteiger partial charge in [0.1, 0.15) is 17.3 Å². The summed E-state index contributed by atoms with van der Waals surface area (Å²) in [6, 6.07) is 17.2. The molecule has 0 radical (unpaired) electrons. The number of aryl methyl sites for hydroxylation is 1. The Balaban J connectivity index is 1.44. The van der Waals surface area contributed by atoms with Crippen LogP contribution in [0.4, 0.5) is 10.3 Å². The van der Waals surface area contributed by atoms with E-state index < -0.39 is 16.0 Å². The Kier molecular flexibility index (Phi) is 9.90. The van der Waals surface area contributed by atoms with Crippen LogP contribution in [0.2, 0.25) is 0 Å². The van der Waals surface area contributed by atoms with E-state index >= 15 is 4.39 Å². The van der Waals surface area contributed by atoms with E-state index in [0.717, 1.165) is 28.2 Å². The second kappa shape index (κ2) is 13.8. The fourth-order valence-electron chi connectivity index (χ4n) is 5.30. The maximum atomic E-state index is 15.3. The second-order valence-electron chi connectivity index (χ2n) is 11.2. The summed E-state index contributed by atoms with van der Waals surface area (Å²) >= 11 is 0. The molecule has 2 aromatic carbocycles. The van der Waals surface area contributed by atoms with Crippen LogP contribution < -0.4 is 14.4 Å². The maximum absolute atomic E-state index is 15.3. The molecule has 0 aliphatic carbocycles. The zero-order valence-electron chi connectivity index (χ0n) is 26.1. The van der Waals surface area contributed by atoms with Gasteiger partial charge in [-0.15, -0.1) is 0 Å². The second-order valence-corrected chi connectivity index (χ2v) is 13.2. The van der Waals surface area contributed by atoms with Crippen molar-refractivity contribution in [3.8, 4) is 22.9 Å². The van der Waals surface area contributed by atoms with Crippen LogP contribution in [-0.4, -0.2) is 83.7 Å². The molecule has 1 fully saturated rings. The molecule has 45 heavy (non-hydrogen) atoms. The lowest BCUT2D eigenvalue weighted by Crippen LogP contribution is -2.52. The number of hydrogen-bond donors (Lipinski definition) is 0. The smallest absolute Gasteiger partial charge is 0.229 e. The van der Waals surface area contributed by atoms with E-state index in [1.54, 1.807) is 27.2 Å². The first-order chi connectivity index (χ1) is 21.5. The molecule has 1 atom stereocenters. The van der Waals surface area contributed by atoms with E-state index in [1.165, 1.54) is 16.8 Å². The van der Waals surface area contributed by atoms with Gasteiger partial charge in [0.15, 0.2) is 5.82 Å². The molecule has 1 aliphatic rings. The third-order valence-corrected chi connectivity index (χ3v) is 9.07. The maximum Gasteiger partial charge on any atom is 0.229 e. The fraction of sp³-hybridized carbons (Fsp3) is 0.375. The molecule has 1 aliphatic heterocycles. The zero-order valence-corrected chi connectivity index (χ0v) is 27.0. The summed E-state index contributed by atoms with van der Waals surface area (Å²) in [5, 5.41) is 0. The number of ether oxygens (including phenoxy) is 2. The molecule has 0 N–H and O–H groups in total. The molecule has 5 rings (SSSR count). The molecule has 4 aromatic rings. The first-order valence-corrected chi connectivity index (χ1v) is 16.4. The monoisotopic (exact) mass is 635 g/mol. The number of piperazine rings is 1. The normalized spacial score (nSPS) is 16.0. The minimum Gasteiger partial charge on any atom is -0.497 e. The summed E-state index contributed by atoms with van der Waals surface area (Å²) in [5.41, 5.74) is 2.99. The van der Waals surface area contributed by atoms with Crippen LogP contribution in [0, 0.1) is 12.9 Å². The number of halogens is 1. The lowest BCUT2D eigenvalue weighted by molar-refractivity contribution is 0.122. The molecule has 1 saturated heterocycles. The van der Waals surface area contributed by atoms with Crippen molar-refractivity contribution < 1.29 is 22.3 Å². The van der Waals surface area contributed by atoms with Crippen LogP contribution in [0.3, 0.4) is 0 Å². The number of nitrogens with zero attached hydrogens (tertiary/aromatic N) is 7. The van der Waals surface area contributed by atoms with E-state index in [2.05, 4.69) is 19.9 Å². The standard InChI is InChI=1S/C32H38FN7O4S/c1-22-18-40(45(5,41)42)15-14-38(22)21-26-16-29(30(33)34-17-26)31-35-23(2)36-32(37-31)39(19-24-6-10-27(43-3)11-7-24)20-25-8-12-28(44-4)13-9-25/h6-13,16-17,22H,14-15,18-21H2,1-5H3/t22-/m0/s1. The Bertz CT molecular complexity index is 1670. The van der Waals surface area contributed by atoms with Crippen molar-refractivity contribution in [2.24, 2.45) is 0 Å². The molecule has 0 amide bonds. The Morgan fingerprint density at radius 3 is 2.04 bits per heavy atom. The average molecular weight is 636 g/mol. The van der Waals surface area contributed by atoms with Crippen molar-refractivity contribution in [1.29, 1.82) is 0 Å². The Morgan fingerprint density at radius 1 is 0.911 bits per heavy atom. The van der Waals surface area contributed by atoms with Crippen LogP contribution >= 0.6 is 0 Å². The van der Waals surface area contributed by atoms with Gasteiger partial charge in [0, 0.05) is 51.5 Å². The number of sulfonamides is 1. The molecule has 2 aromatic heterocycles. The predicted molar refractivity (Wildman–Crippen MR) is 170 cm³/mol. The van der Waals surface area contributed by atoms with Gasteiger partial charge < -0.3 is 14.4 Å². The molecule has 0 spiro atoms. The van der Waals surface area contributed by atoms with Crippen LogP contribution in [-0.2, 0) is 29.7 Å². The van der Waals surface area contributed by atoms with Crippen molar-refractivity contribution in [1.82, 2.24) is 29.1 Å². The number of aromatic nitrogens is 4. The number of anilines is 1. The molecule has 0 bridgehead atoms. The summed E-state index contributed by atoms with van der Waals surface area (Å²) in [6.07, 6.45) is 2.73. The average Bonchev–Trinajstić information content (AvgIpc) is 3.02. The molecule has 238 valence electrons. The summed E-state index contributed by atoms with van der Waals surface area (Å²) in [5.74, 6) is 1.87. The van der Waals surface area contributed by atoms with Crippen molar-refractivity contribution in [2.75, 3.05) is 45.0 Å². The van der Waals surface area contributed by atoms with Gasteiger partial charge in [0.05, 0.1) is 26.0 Å². The van der Waals surface area contributed by atoms with Gasteiger partial charge >= 0.3 is 0 Å². The van der Waals surface area contributed by atoms with E-state index in [9.17, 15) is 8.42 Å². The lowest BCUT2D eigenvalue weighted by atomic mass is 10.1. The van der Waals surface area contributed by atoms with Gasteiger partial charge in [-0.25, -0.2) is 18.4 Å². The summed E-state index contributed by atoms with van der Waals surface area (Å²) in [7, 11) is -0.00293. The van der Waals surface area contributed by atoms with E-state index in [0.29, 0.717) is 51.0 Å². The van der Waals surface area contributed by atoms with E-state index in [-0.39, 0.29) is 17.4 Å². The van der Waals surface area contributed by atoms with Gasteiger partial charge in [-0.2, -0.15) is 18.7 Å². The zero-order chi connectivity index (χ0) is 32.1. The number of methoxy groups -OCH3 is 2. The van der Waals surface area contributed by atoms with Gasteiger partial charge in [0.2, 0.25) is 21.9 Å². The van der Waals surface area contributed by atoms with Crippen molar-refractivity contribution in [2.45, 2.75) is 39.5 Å². The number of hydrogen-bond acceptors (Lipinski definition) is 10. The predicted octanol–water partition coefficient (Wildman–Crippen LogP) is 4.07. The summed E-state index contributed by atoms with van der Waals surface area (Å²) < 4.78 is 51.4. The highest BCUT2D eigenvalue weighted by Crippen LogP contribution is 2.26. The van der Waals surface area contributed by atoms with Gasteiger partial charge in [-0.3, -0.25) is 4.90 Å². The fourth-order valence-corrected chi connectivity index (χ4v) is 6.20. The van der Waals surface area contributed by atoms with Crippen molar-refractivity contribution in [3.05, 3.63) is 89.3 Å². The summed E-state index contributed by atoms with van der Waals surface area (Å²) in [6.45, 7) is 6.54. The molecule has 0 saturated carbocycles. The molecule has 0 unspecified atom stereocenters. The molecule has 3 heterocycles. The number of benzene rings is 2. The highest BCUT2D eigenvalue weighted by atomic mass is 32.2. The van der Waals surface area contributed by atoms with Gasteiger partial charge in [-0.1, -0.05) is 24.3 Å². The van der Waals surface area contributed by atoms with Crippen LogP contribution in [0.1, 0.15) is 29.4 Å². The quantitative estimate of drug-likeness (QED) is 0.224. The molecular weight excluding hydrogens is 597 g/mol. The SMILES string of the molecule is COc1ccc(CN(Cc2ccc(OC)cc2)c2nc(C)nc(-c3cc(CN4CCN(S(C)(=O)=O)C[C@@H]4C)cnc3F)n2)cc1. The molecule has 11 nitrogen and oxygen atoms in total.